The molecule has 0 aliphatic rings. The van der Waals surface area contributed by atoms with Crippen molar-refractivity contribution in [2.24, 2.45) is 0 Å². The van der Waals surface area contributed by atoms with Gasteiger partial charge in [0.15, 0.2) is 5.78 Å². The number of furan rings is 1. The highest BCUT2D eigenvalue weighted by Gasteiger charge is 2.12. The molecule has 0 radical (unpaired) electrons. The Balaban J connectivity index is 2.46. The maximum atomic E-state index is 10.9. The normalized spacial score (nSPS) is 10.4. The van der Waals surface area contributed by atoms with Crippen LogP contribution in [0.15, 0.2) is 28.9 Å². The number of carboxylic acids is 1. The SMILES string of the molecule is CC(=O)COc1cc(C(=O)O)cc2occc12. The van der Waals surface area contributed by atoms with Gasteiger partial charge >= 0.3 is 5.97 Å². The fourth-order valence-corrected chi connectivity index (χ4v) is 1.46. The Morgan fingerprint density at radius 1 is 1.41 bits per heavy atom. The van der Waals surface area contributed by atoms with E-state index in [-0.39, 0.29) is 18.0 Å². The molecule has 1 N–H and O–H groups in total. The lowest BCUT2D eigenvalue weighted by Gasteiger charge is -2.06. The second kappa shape index (κ2) is 4.29. The number of aromatic carboxylic acids is 1. The van der Waals surface area contributed by atoms with Crippen LogP contribution in [0.4, 0.5) is 0 Å². The van der Waals surface area contributed by atoms with Crippen molar-refractivity contribution in [2.45, 2.75) is 6.92 Å². The van der Waals surface area contributed by atoms with E-state index < -0.39 is 5.97 Å². The van der Waals surface area contributed by atoms with E-state index in [9.17, 15) is 9.59 Å². The number of fused-ring (bicyclic) bond motifs is 1. The van der Waals surface area contributed by atoms with Crippen LogP contribution in [0.1, 0.15) is 17.3 Å². The number of carboxylic acid groups (broad SMARTS) is 1. The van der Waals surface area contributed by atoms with E-state index in [2.05, 4.69) is 0 Å². The highest BCUT2D eigenvalue weighted by molar-refractivity contribution is 5.95. The van der Waals surface area contributed by atoms with E-state index >= 15 is 0 Å². The number of rotatable bonds is 4. The molecule has 2 rings (SSSR count). The van der Waals surface area contributed by atoms with Crippen molar-refractivity contribution in [3.05, 3.63) is 30.0 Å². The molecule has 0 saturated heterocycles. The molecule has 0 atom stereocenters. The third-order valence-corrected chi connectivity index (χ3v) is 2.21. The molecule has 0 bridgehead atoms. The Hall–Kier alpha value is -2.30. The van der Waals surface area contributed by atoms with Crippen LogP contribution in [0, 0.1) is 0 Å². The Labute approximate surface area is 96.6 Å². The van der Waals surface area contributed by atoms with Gasteiger partial charge in [-0.2, -0.15) is 0 Å². The first kappa shape index (κ1) is 11.2. The van der Waals surface area contributed by atoms with E-state index in [4.69, 9.17) is 14.3 Å². The number of Topliss-reactive ketones (excluding diaryl/α,β-unsaturated/α-hetero) is 1. The van der Waals surface area contributed by atoms with Gasteiger partial charge in [-0.1, -0.05) is 0 Å². The van der Waals surface area contributed by atoms with Crippen molar-refractivity contribution in [3.8, 4) is 5.75 Å². The van der Waals surface area contributed by atoms with Gasteiger partial charge in [-0.25, -0.2) is 4.79 Å². The van der Waals surface area contributed by atoms with Crippen LogP contribution >= 0.6 is 0 Å². The van der Waals surface area contributed by atoms with Gasteiger partial charge in [0.05, 0.1) is 17.2 Å². The van der Waals surface area contributed by atoms with Crippen molar-refractivity contribution in [2.75, 3.05) is 6.61 Å². The first-order chi connectivity index (χ1) is 8.08. The summed E-state index contributed by atoms with van der Waals surface area (Å²) in [6.07, 6.45) is 1.44. The van der Waals surface area contributed by atoms with E-state index in [0.717, 1.165) is 0 Å². The second-order valence-corrected chi connectivity index (χ2v) is 3.60. The molecule has 0 aliphatic carbocycles. The first-order valence-corrected chi connectivity index (χ1v) is 4.94. The Bertz CT molecular complexity index is 582. The monoisotopic (exact) mass is 234 g/mol. The first-order valence-electron chi connectivity index (χ1n) is 4.94. The second-order valence-electron chi connectivity index (χ2n) is 3.60. The fraction of sp³-hybridized carbons (Fsp3) is 0.167. The number of ketones is 1. The molecule has 0 unspecified atom stereocenters. The summed E-state index contributed by atoms with van der Waals surface area (Å²) in [7, 11) is 0. The summed E-state index contributed by atoms with van der Waals surface area (Å²) in [5.74, 6) is -0.873. The van der Waals surface area contributed by atoms with Crippen LogP contribution in [-0.2, 0) is 4.79 Å². The molecule has 88 valence electrons. The number of ether oxygens (including phenoxy) is 1. The molecule has 0 amide bonds. The van der Waals surface area contributed by atoms with Crippen molar-refractivity contribution >= 4 is 22.7 Å². The Morgan fingerprint density at radius 2 is 2.18 bits per heavy atom. The molecule has 1 aromatic carbocycles. The van der Waals surface area contributed by atoms with Gasteiger partial charge in [-0.05, 0) is 25.1 Å². The van der Waals surface area contributed by atoms with Crippen LogP contribution in [0.2, 0.25) is 0 Å². The summed E-state index contributed by atoms with van der Waals surface area (Å²) in [5.41, 5.74) is 0.481. The molecule has 0 fully saturated rings. The largest absolute Gasteiger partial charge is 0.485 e. The van der Waals surface area contributed by atoms with Crippen LogP contribution in [0.25, 0.3) is 11.0 Å². The zero-order valence-electron chi connectivity index (χ0n) is 9.10. The topological polar surface area (TPSA) is 76.7 Å². The molecule has 1 aromatic heterocycles. The lowest BCUT2D eigenvalue weighted by molar-refractivity contribution is -0.118. The van der Waals surface area contributed by atoms with E-state index in [0.29, 0.717) is 16.7 Å². The smallest absolute Gasteiger partial charge is 0.335 e. The van der Waals surface area contributed by atoms with Gasteiger partial charge in [0.2, 0.25) is 0 Å². The minimum atomic E-state index is -1.07. The van der Waals surface area contributed by atoms with Crippen LogP contribution in [-0.4, -0.2) is 23.5 Å². The average Bonchev–Trinajstić information content (AvgIpc) is 2.73. The molecule has 1 heterocycles. The summed E-state index contributed by atoms with van der Waals surface area (Å²) in [6, 6.07) is 4.46. The highest BCUT2D eigenvalue weighted by atomic mass is 16.5. The van der Waals surface area contributed by atoms with Crippen LogP contribution < -0.4 is 4.74 Å². The van der Waals surface area contributed by atoms with Crippen molar-refractivity contribution in [3.63, 3.8) is 0 Å². The molecule has 17 heavy (non-hydrogen) atoms. The predicted molar refractivity (Wildman–Crippen MR) is 59.3 cm³/mol. The highest BCUT2D eigenvalue weighted by Crippen LogP contribution is 2.28. The van der Waals surface area contributed by atoms with Gasteiger partial charge in [0.25, 0.3) is 0 Å². The number of benzene rings is 1. The van der Waals surface area contributed by atoms with Crippen LogP contribution in [0.5, 0.6) is 5.75 Å². The summed E-state index contributed by atoms with van der Waals surface area (Å²) < 4.78 is 10.4. The molecule has 0 saturated carbocycles. The third-order valence-electron chi connectivity index (χ3n) is 2.21. The molecule has 0 aliphatic heterocycles. The Kier molecular flexibility index (Phi) is 2.82. The maximum absolute atomic E-state index is 10.9. The zero-order valence-corrected chi connectivity index (χ0v) is 9.10. The lowest BCUT2D eigenvalue weighted by atomic mass is 10.1. The molecular formula is C12H10O5. The van der Waals surface area contributed by atoms with E-state index in [1.807, 2.05) is 0 Å². The zero-order chi connectivity index (χ0) is 12.4. The minimum Gasteiger partial charge on any atom is -0.485 e. The molecule has 0 spiro atoms. The number of carbonyl (C=O) groups is 2. The van der Waals surface area contributed by atoms with Crippen molar-refractivity contribution in [1.82, 2.24) is 0 Å². The van der Waals surface area contributed by atoms with Gasteiger partial charge in [0.1, 0.15) is 17.9 Å². The van der Waals surface area contributed by atoms with Gasteiger partial charge in [-0.3, -0.25) is 4.79 Å². The summed E-state index contributed by atoms with van der Waals surface area (Å²) >= 11 is 0. The number of hydrogen-bond donors (Lipinski definition) is 1. The number of carbonyl (C=O) groups excluding carboxylic acids is 1. The van der Waals surface area contributed by atoms with E-state index in [1.165, 1.54) is 25.3 Å². The number of hydrogen-bond acceptors (Lipinski definition) is 4. The van der Waals surface area contributed by atoms with E-state index in [1.54, 1.807) is 6.07 Å². The quantitative estimate of drug-likeness (QED) is 0.876. The molecule has 5 nitrogen and oxygen atoms in total. The third kappa shape index (κ3) is 2.28. The maximum Gasteiger partial charge on any atom is 0.335 e. The molecule has 5 heteroatoms. The molecular weight excluding hydrogens is 224 g/mol. The van der Waals surface area contributed by atoms with Gasteiger partial charge < -0.3 is 14.3 Å². The summed E-state index contributed by atoms with van der Waals surface area (Å²) in [4.78, 5) is 21.7. The average molecular weight is 234 g/mol. The van der Waals surface area contributed by atoms with Gasteiger partial charge in [0, 0.05) is 0 Å². The minimum absolute atomic E-state index is 0.0611. The predicted octanol–water partition coefficient (Wildman–Crippen LogP) is 2.10. The lowest BCUT2D eigenvalue weighted by Crippen LogP contribution is -2.07. The summed E-state index contributed by atoms with van der Waals surface area (Å²) in [5, 5.41) is 9.57. The van der Waals surface area contributed by atoms with Crippen molar-refractivity contribution in [1.29, 1.82) is 0 Å². The fourth-order valence-electron chi connectivity index (χ4n) is 1.46. The van der Waals surface area contributed by atoms with Crippen molar-refractivity contribution < 1.29 is 23.8 Å². The van der Waals surface area contributed by atoms with Crippen LogP contribution in [0.3, 0.4) is 0 Å². The Morgan fingerprint density at radius 3 is 2.82 bits per heavy atom. The van der Waals surface area contributed by atoms with Gasteiger partial charge in [-0.15, -0.1) is 0 Å². The molecule has 2 aromatic rings. The summed E-state index contributed by atoms with van der Waals surface area (Å²) in [6.45, 7) is 1.30. The standard InChI is InChI=1S/C12H10O5/c1-7(13)6-17-11-5-8(12(14)15)4-10-9(11)2-3-16-10/h2-5H,6H2,1H3,(H,14,15).